The highest BCUT2D eigenvalue weighted by Gasteiger charge is 2.60. The Balaban J connectivity index is 1.26. The molecule has 0 bridgehead atoms. The van der Waals surface area contributed by atoms with Crippen LogP contribution in [0.2, 0.25) is 0 Å². The SMILES string of the molecule is Cc1ccccc1C1CC(N(C(=O)C2CC23CCNCC3)C2CC2)C1. The largest absolute Gasteiger partial charge is 0.336 e. The van der Waals surface area contributed by atoms with Gasteiger partial charge in [-0.05, 0) is 87.4 Å². The molecule has 134 valence electrons. The van der Waals surface area contributed by atoms with E-state index in [1.807, 2.05) is 0 Å². The average Bonchev–Trinajstić information content (AvgIpc) is 3.49. The maximum absolute atomic E-state index is 13.3. The van der Waals surface area contributed by atoms with Gasteiger partial charge in [0.2, 0.25) is 5.91 Å². The second kappa shape index (κ2) is 5.84. The number of hydrogen-bond acceptors (Lipinski definition) is 2. The smallest absolute Gasteiger partial charge is 0.226 e. The fourth-order valence-electron chi connectivity index (χ4n) is 5.48. The van der Waals surface area contributed by atoms with Crippen LogP contribution < -0.4 is 5.32 Å². The van der Waals surface area contributed by atoms with Crippen molar-refractivity contribution in [2.75, 3.05) is 13.1 Å². The van der Waals surface area contributed by atoms with Crippen molar-refractivity contribution >= 4 is 5.91 Å². The van der Waals surface area contributed by atoms with Gasteiger partial charge in [0.05, 0.1) is 0 Å². The van der Waals surface area contributed by atoms with Crippen molar-refractivity contribution in [3.05, 3.63) is 35.4 Å². The quantitative estimate of drug-likeness (QED) is 0.909. The van der Waals surface area contributed by atoms with Crippen molar-refractivity contribution in [2.45, 2.75) is 69.9 Å². The lowest BCUT2D eigenvalue weighted by atomic mass is 9.73. The van der Waals surface area contributed by atoms with Crippen molar-refractivity contribution in [1.82, 2.24) is 10.2 Å². The second-order valence-electron chi connectivity index (χ2n) is 9.02. The maximum Gasteiger partial charge on any atom is 0.226 e. The molecule has 1 aromatic rings. The summed E-state index contributed by atoms with van der Waals surface area (Å²) in [6.45, 7) is 4.43. The monoisotopic (exact) mass is 338 g/mol. The zero-order valence-corrected chi connectivity index (χ0v) is 15.3. The van der Waals surface area contributed by atoms with Gasteiger partial charge in [-0.1, -0.05) is 24.3 Å². The molecule has 0 radical (unpaired) electrons. The van der Waals surface area contributed by atoms with Gasteiger partial charge in [-0.3, -0.25) is 4.79 Å². The van der Waals surface area contributed by atoms with Crippen LogP contribution in [-0.4, -0.2) is 36.0 Å². The summed E-state index contributed by atoms with van der Waals surface area (Å²) in [7, 11) is 0. The zero-order chi connectivity index (χ0) is 17.0. The first-order valence-electron chi connectivity index (χ1n) is 10.3. The Morgan fingerprint density at radius 3 is 2.52 bits per heavy atom. The summed E-state index contributed by atoms with van der Waals surface area (Å²) in [5, 5.41) is 3.45. The molecule has 4 aliphatic rings. The van der Waals surface area contributed by atoms with E-state index in [0.29, 0.717) is 35.2 Å². The van der Waals surface area contributed by atoms with Gasteiger partial charge >= 0.3 is 0 Å². The van der Waals surface area contributed by atoms with Gasteiger partial charge in [0, 0.05) is 18.0 Å². The van der Waals surface area contributed by atoms with E-state index in [9.17, 15) is 4.79 Å². The lowest BCUT2D eigenvalue weighted by molar-refractivity contribution is -0.139. The number of piperidine rings is 1. The van der Waals surface area contributed by atoms with E-state index in [0.717, 1.165) is 19.5 Å². The molecule has 5 rings (SSSR count). The van der Waals surface area contributed by atoms with Gasteiger partial charge < -0.3 is 10.2 Å². The van der Waals surface area contributed by atoms with Crippen LogP contribution >= 0.6 is 0 Å². The third-order valence-electron chi connectivity index (χ3n) is 7.42. The van der Waals surface area contributed by atoms with Gasteiger partial charge in [0.25, 0.3) is 0 Å². The number of benzene rings is 1. The molecule has 1 atom stereocenters. The zero-order valence-electron chi connectivity index (χ0n) is 15.3. The highest BCUT2D eigenvalue weighted by Crippen LogP contribution is 2.60. The first kappa shape index (κ1) is 15.9. The normalized spacial score (nSPS) is 32.9. The molecular weight excluding hydrogens is 308 g/mol. The summed E-state index contributed by atoms with van der Waals surface area (Å²) >= 11 is 0. The van der Waals surface area contributed by atoms with Crippen LogP contribution in [0.3, 0.4) is 0 Å². The molecule has 3 saturated carbocycles. The number of carbonyl (C=O) groups excluding carboxylic acids is 1. The Labute approximate surface area is 151 Å². The van der Waals surface area contributed by atoms with E-state index in [-0.39, 0.29) is 0 Å². The van der Waals surface area contributed by atoms with E-state index in [1.165, 1.54) is 49.7 Å². The summed E-state index contributed by atoms with van der Waals surface area (Å²) in [6, 6.07) is 9.85. The van der Waals surface area contributed by atoms with Crippen LogP contribution in [0.5, 0.6) is 0 Å². The lowest BCUT2D eigenvalue weighted by Crippen LogP contribution is -2.49. The predicted molar refractivity (Wildman–Crippen MR) is 99.5 cm³/mol. The summed E-state index contributed by atoms with van der Waals surface area (Å²) < 4.78 is 0. The first-order chi connectivity index (χ1) is 12.2. The number of nitrogens with one attached hydrogen (secondary N) is 1. The fourth-order valence-corrected chi connectivity index (χ4v) is 5.48. The highest BCUT2D eigenvalue weighted by molar-refractivity contribution is 5.84. The van der Waals surface area contributed by atoms with E-state index >= 15 is 0 Å². The number of nitrogens with zero attached hydrogens (tertiary/aromatic N) is 1. The topological polar surface area (TPSA) is 32.3 Å². The molecule has 3 heteroatoms. The average molecular weight is 338 g/mol. The van der Waals surface area contributed by atoms with E-state index in [1.54, 1.807) is 0 Å². The number of aryl methyl sites for hydroxylation is 1. The molecule has 1 aromatic carbocycles. The molecule has 1 heterocycles. The third kappa shape index (κ3) is 2.71. The molecule has 3 aliphatic carbocycles. The minimum atomic E-state index is 0.340. The Bertz CT molecular complexity index is 668. The summed E-state index contributed by atoms with van der Waals surface area (Å²) in [6.07, 6.45) is 8.39. The molecule has 25 heavy (non-hydrogen) atoms. The number of hydrogen-bond donors (Lipinski definition) is 1. The van der Waals surface area contributed by atoms with Gasteiger partial charge in [0.1, 0.15) is 0 Å². The Morgan fingerprint density at radius 1 is 1.12 bits per heavy atom. The summed E-state index contributed by atoms with van der Waals surface area (Å²) in [5.74, 6) is 1.51. The van der Waals surface area contributed by atoms with E-state index in [2.05, 4.69) is 41.4 Å². The van der Waals surface area contributed by atoms with Crippen molar-refractivity contribution in [2.24, 2.45) is 11.3 Å². The van der Waals surface area contributed by atoms with Gasteiger partial charge in [-0.15, -0.1) is 0 Å². The summed E-state index contributed by atoms with van der Waals surface area (Å²) in [5.41, 5.74) is 3.28. The molecule has 1 N–H and O–H groups in total. The Hall–Kier alpha value is -1.35. The van der Waals surface area contributed by atoms with Crippen molar-refractivity contribution in [3.63, 3.8) is 0 Å². The molecule has 3 nitrogen and oxygen atoms in total. The van der Waals surface area contributed by atoms with Crippen LogP contribution in [0, 0.1) is 18.3 Å². The molecular formula is C22H30N2O. The molecule has 4 fully saturated rings. The number of rotatable bonds is 4. The van der Waals surface area contributed by atoms with Crippen molar-refractivity contribution in [3.8, 4) is 0 Å². The predicted octanol–water partition coefficient (Wildman–Crippen LogP) is 3.62. The van der Waals surface area contributed by atoms with Crippen LogP contribution in [0.15, 0.2) is 24.3 Å². The number of carbonyl (C=O) groups is 1. The minimum Gasteiger partial charge on any atom is -0.336 e. The van der Waals surface area contributed by atoms with Crippen molar-refractivity contribution in [1.29, 1.82) is 0 Å². The molecule has 0 aromatic heterocycles. The van der Waals surface area contributed by atoms with Gasteiger partial charge in [-0.2, -0.15) is 0 Å². The maximum atomic E-state index is 13.3. The summed E-state index contributed by atoms with van der Waals surface area (Å²) in [4.78, 5) is 15.7. The highest BCUT2D eigenvalue weighted by atomic mass is 16.2. The van der Waals surface area contributed by atoms with Crippen LogP contribution in [0.25, 0.3) is 0 Å². The Morgan fingerprint density at radius 2 is 1.84 bits per heavy atom. The van der Waals surface area contributed by atoms with Crippen LogP contribution in [0.4, 0.5) is 0 Å². The van der Waals surface area contributed by atoms with E-state index in [4.69, 9.17) is 0 Å². The minimum absolute atomic E-state index is 0.340. The molecule has 1 aliphatic heterocycles. The molecule has 1 amide bonds. The molecule has 1 spiro atoms. The molecule has 1 saturated heterocycles. The van der Waals surface area contributed by atoms with Gasteiger partial charge in [0.15, 0.2) is 0 Å². The fraction of sp³-hybridized carbons (Fsp3) is 0.682. The standard InChI is InChI=1S/C22H30N2O/c1-15-4-2-3-5-19(15)16-12-18(13-16)24(17-6-7-17)21(25)20-14-22(20)8-10-23-11-9-22/h2-5,16-18,20,23H,6-14H2,1H3. The van der Waals surface area contributed by atoms with Crippen molar-refractivity contribution < 1.29 is 4.79 Å². The lowest BCUT2D eigenvalue weighted by Gasteiger charge is -2.44. The Kier molecular flexibility index (Phi) is 3.70. The van der Waals surface area contributed by atoms with Crippen LogP contribution in [-0.2, 0) is 4.79 Å². The third-order valence-corrected chi connectivity index (χ3v) is 7.42. The second-order valence-corrected chi connectivity index (χ2v) is 9.02. The van der Waals surface area contributed by atoms with Gasteiger partial charge in [-0.25, -0.2) is 0 Å². The van der Waals surface area contributed by atoms with E-state index < -0.39 is 0 Å². The number of amides is 1. The van der Waals surface area contributed by atoms with Crippen LogP contribution in [0.1, 0.15) is 62.0 Å². The first-order valence-corrected chi connectivity index (χ1v) is 10.3. The molecule has 1 unspecified atom stereocenters.